The first kappa shape index (κ1) is 17.0. The lowest BCUT2D eigenvalue weighted by atomic mass is 10.1. The van der Waals surface area contributed by atoms with Gasteiger partial charge in [0.15, 0.2) is 0 Å². The summed E-state index contributed by atoms with van der Waals surface area (Å²) in [5.41, 5.74) is 0.457. The van der Waals surface area contributed by atoms with Crippen molar-refractivity contribution in [2.45, 2.75) is 39.7 Å². The zero-order valence-corrected chi connectivity index (χ0v) is 13.4. The third-order valence-corrected chi connectivity index (χ3v) is 2.82. The van der Waals surface area contributed by atoms with Crippen molar-refractivity contribution >= 4 is 17.5 Å². The fourth-order valence-corrected chi connectivity index (χ4v) is 1.94. The molecule has 21 heavy (non-hydrogen) atoms. The highest BCUT2D eigenvalue weighted by Crippen LogP contribution is 2.21. The Bertz CT molecular complexity index is 506. The Balaban J connectivity index is 2.74. The van der Waals surface area contributed by atoms with Crippen LogP contribution in [0.3, 0.4) is 0 Å². The molecule has 1 aromatic carbocycles. The van der Waals surface area contributed by atoms with Gasteiger partial charge in [-0.1, -0.05) is 6.07 Å². The smallest absolute Gasteiger partial charge is 0.223 e. The van der Waals surface area contributed by atoms with Gasteiger partial charge in [0, 0.05) is 37.2 Å². The molecule has 2 amide bonds. The number of rotatable bonds is 5. The number of benzene rings is 1. The Morgan fingerprint density at radius 2 is 1.95 bits per heavy atom. The van der Waals surface area contributed by atoms with E-state index in [-0.39, 0.29) is 23.8 Å². The molecule has 5 heteroatoms. The van der Waals surface area contributed by atoms with Crippen LogP contribution in [0, 0.1) is 0 Å². The van der Waals surface area contributed by atoms with Gasteiger partial charge in [0.2, 0.25) is 11.8 Å². The maximum absolute atomic E-state index is 11.9. The quantitative estimate of drug-likeness (QED) is 0.906. The van der Waals surface area contributed by atoms with Gasteiger partial charge in [0.05, 0.1) is 7.11 Å². The Morgan fingerprint density at radius 3 is 2.48 bits per heavy atom. The van der Waals surface area contributed by atoms with Crippen LogP contribution in [0.25, 0.3) is 0 Å². The number of anilines is 1. The van der Waals surface area contributed by atoms with Gasteiger partial charge < -0.3 is 15.0 Å². The average molecular weight is 292 g/mol. The zero-order valence-electron chi connectivity index (χ0n) is 13.4. The van der Waals surface area contributed by atoms with E-state index in [4.69, 9.17) is 4.74 Å². The molecule has 0 bridgehead atoms. The lowest BCUT2D eigenvalue weighted by Gasteiger charge is -2.24. The summed E-state index contributed by atoms with van der Waals surface area (Å²) in [5, 5.41) is 2.89. The van der Waals surface area contributed by atoms with Gasteiger partial charge in [0.1, 0.15) is 5.75 Å². The monoisotopic (exact) mass is 292 g/mol. The molecule has 0 aromatic heterocycles. The van der Waals surface area contributed by atoms with Crippen molar-refractivity contribution in [1.29, 1.82) is 0 Å². The second-order valence-electron chi connectivity index (χ2n) is 5.92. The third-order valence-electron chi connectivity index (χ3n) is 2.82. The van der Waals surface area contributed by atoms with Crippen LogP contribution < -0.4 is 15.0 Å². The van der Waals surface area contributed by atoms with E-state index < -0.39 is 0 Å². The van der Waals surface area contributed by atoms with Crippen LogP contribution >= 0.6 is 0 Å². The molecule has 0 aliphatic rings. The molecule has 1 aromatic rings. The first-order chi connectivity index (χ1) is 9.73. The highest BCUT2D eigenvalue weighted by molar-refractivity contribution is 5.92. The minimum Gasteiger partial charge on any atom is -0.497 e. The molecule has 116 valence electrons. The molecule has 5 nitrogen and oxygen atoms in total. The molecule has 0 atom stereocenters. The summed E-state index contributed by atoms with van der Waals surface area (Å²) in [6, 6.07) is 7.24. The normalized spacial score (nSPS) is 10.9. The molecule has 1 rings (SSSR count). The highest BCUT2D eigenvalue weighted by atomic mass is 16.5. The fourth-order valence-electron chi connectivity index (χ4n) is 1.94. The van der Waals surface area contributed by atoms with Crippen LogP contribution in [-0.2, 0) is 9.59 Å². The van der Waals surface area contributed by atoms with Crippen LogP contribution in [0.1, 0.15) is 34.1 Å². The summed E-state index contributed by atoms with van der Waals surface area (Å²) < 4.78 is 5.16. The molecule has 1 N–H and O–H groups in total. The van der Waals surface area contributed by atoms with E-state index in [9.17, 15) is 9.59 Å². The maximum Gasteiger partial charge on any atom is 0.223 e. The molecular formula is C16H24N2O3. The minimum atomic E-state index is -0.270. The summed E-state index contributed by atoms with van der Waals surface area (Å²) in [6.07, 6.45) is 0.258. The third kappa shape index (κ3) is 5.85. The number of ether oxygens (including phenoxy) is 1. The second-order valence-corrected chi connectivity index (χ2v) is 5.92. The average Bonchev–Trinajstić information content (AvgIpc) is 2.36. The highest BCUT2D eigenvalue weighted by Gasteiger charge is 2.17. The number of carbonyl (C=O) groups excluding carboxylic acids is 2. The molecule has 0 saturated carbocycles. The van der Waals surface area contributed by atoms with Gasteiger partial charge in [-0.2, -0.15) is 0 Å². The molecule has 0 spiro atoms. The number of hydrogen-bond donors (Lipinski definition) is 1. The SMILES string of the molecule is COc1cccc(N(CCC(=O)NC(C)(C)C)C(C)=O)c1. The van der Waals surface area contributed by atoms with Gasteiger partial charge in [-0.05, 0) is 32.9 Å². The fraction of sp³-hybridized carbons (Fsp3) is 0.500. The van der Waals surface area contributed by atoms with Crippen molar-refractivity contribution in [1.82, 2.24) is 5.32 Å². The molecule has 0 unspecified atom stereocenters. The van der Waals surface area contributed by atoms with E-state index in [1.165, 1.54) is 6.92 Å². The van der Waals surface area contributed by atoms with E-state index in [0.717, 1.165) is 5.69 Å². The van der Waals surface area contributed by atoms with Crippen LogP contribution in [0.2, 0.25) is 0 Å². The van der Waals surface area contributed by atoms with E-state index in [1.807, 2.05) is 39.0 Å². The summed E-state index contributed by atoms with van der Waals surface area (Å²) in [6.45, 7) is 7.60. The number of nitrogens with zero attached hydrogens (tertiary/aromatic N) is 1. The standard InChI is InChI=1S/C16H24N2O3/c1-12(19)18(10-9-15(20)17-16(2,3)4)13-7-6-8-14(11-13)21-5/h6-8,11H,9-10H2,1-5H3,(H,17,20). The van der Waals surface area contributed by atoms with Crippen molar-refractivity contribution in [2.75, 3.05) is 18.6 Å². The van der Waals surface area contributed by atoms with E-state index in [1.54, 1.807) is 18.1 Å². The van der Waals surface area contributed by atoms with E-state index in [0.29, 0.717) is 12.3 Å². The topological polar surface area (TPSA) is 58.6 Å². The maximum atomic E-state index is 11.9. The van der Waals surface area contributed by atoms with Gasteiger partial charge in [-0.25, -0.2) is 0 Å². The lowest BCUT2D eigenvalue weighted by molar-refractivity contribution is -0.122. The van der Waals surface area contributed by atoms with Crippen LogP contribution in [0.5, 0.6) is 5.75 Å². The molecule has 0 fully saturated rings. The lowest BCUT2D eigenvalue weighted by Crippen LogP contribution is -2.42. The van der Waals surface area contributed by atoms with Crippen molar-refractivity contribution in [2.24, 2.45) is 0 Å². The van der Waals surface area contributed by atoms with Crippen LogP contribution in [-0.4, -0.2) is 31.0 Å². The molecule has 0 aliphatic carbocycles. The van der Waals surface area contributed by atoms with Crippen molar-refractivity contribution in [3.63, 3.8) is 0 Å². The first-order valence-electron chi connectivity index (χ1n) is 6.96. The predicted octanol–water partition coefficient (Wildman–Crippen LogP) is 2.35. The molecule has 0 radical (unpaired) electrons. The van der Waals surface area contributed by atoms with Crippen molar-refractivity contribution < 1.29 is 14.3 Å². The van der Waals surface area contributed by atoms with Gasteiger partial charge in [-0.3, -0.25) is 9.59 Å². The summed E-state index contributed by atoms with van der Waals surface area (Å²) in [4.78, 5) is 25.2. The van der Waals surface area contributed by atoms with Crippen molar-refractivity contribution in [3.05, 3.63) is 24.3 Å². The number of carbonyl (C=O) groups is 2. The molecule has 0 heterocycles. The summed E-state index contributed by atoms with van der Waals surface area (Å²) in [7, 11) is 1.58. The summed E-state index contributed by atoms with van der Waals surface area (Å²) >= 11 is 0. The number of hydrogen-bond acceptors (Lipinski definition) is 3. The van der Waals surface area contributed by atoms with Gasteiger partial charge >= 0.3 is 0 Å². The van der Waals surface area contributed by atoms with Gasteiger partial charge in [-0.15, -0.1) is 0 Å². The molecule has 0 aliphatic heterocycles. The van der Waals surface area contributed by atoms with Crippen molar-refractivity contribution in [3.8, 4) is 5.75 Å². The predicted molar refractivity (Wildman–Crippen MR) is 83.5 cm³/mol. The molecule has 0 saturated heterocycles. The van der Waals surface area contributed by atoms with Crippen LogP contribution in [0.15, 0.2) is 24.3 Å². The summed E-state index contributed by atoms with van der Waals surface area (Å²) in [5.74, 6) is 0.501. The molecular weight excluding hydrogens is 268 g/mol. The number of nitrogens with one attached hydrogen (secondary N) is 1. The zero-order chi connectivity index (χ0) is 16.0. The number of methoxy groups -OCH3 is 1. The Hall–Kier alpha value is -2.04. The first-order valence-corrected chi connectivity index (χ1v) is 6.96. The number of amides is 2. The van der Waals surface area contributed by atoms with Crippen LogP contribution in [0.4, 0.5) is 5.69 Å². The Kier molecular flexibility index (Phi) is 5.76. The van der Waals surface area contributed by atoms with E-state index in [2.05, 4.69) is 5.32 Å². The largest absolute Gasteiger partial charge is 0.497 e. The Morgan fingerprint density at radius 1 is 1.29 bits per heavy atom. The Labute approximate surface area is 126 Å². The minimum absolute atomic E-state index is 0.0725. The van der Waals surface area contributed by atoms with Gasteiger partial charge in [0.25, 0.3) is 0 Å². The second kappa shape index (κ2) is 7.11. The van der Waals surface area contributed by atoms with E-state index >= 15 is 0 Å².